The Kier molecular flexibility index (Phi) is 6.96. The molecule has 1 aromatic carbocycles. The number of benzene rings is 1. The Hall–Kier alpha value is -1.70. The molecule has 1 aliphatic heterocycles. The predicted octanol–water partition coefficient (Wildman–Crippen LogP) is 3.31. The van der Waals surface area contributed by atoms with Crippen LogP contribution >= 0.6 is 24.0 Å². The van der Waals surface area contributed by atoms with E-state index in [-0.39, 0.29) is 24.0 Å². The topological polar surface area (TPSA) is 67.4 Å². The van der Waals surface area contributed by atoms with Crippen molar-refractivity contribution in [3.8, 4) is 11.1 Å². The Morgan fingerprint density at radius 1 is 1.12 bits per heavy atom. The Bertz CT molecular complexity index is 649. The van der Waals surface area contributed by atoms with Gasteiger partial charge in [-0.1, -0.05) is 37.3 Å². The van der Waals surface area contributed by atoms with Crippen LogP contribution in [-0.4, -0.2) is 33.9 Å². The van der Waals surface area contributed by atoms with Crippen molar-refractivity contribution >= 4 is 29.9 Å². The summed E-state index contributed by atoms with van der Waals surface area (Å²) in [4.78, 5) is 15.4. The van der Waals surface area contributed by atoms with Crippen molar-refractivity contribution in [2.24, 2.45) is 16.6 Å². The van der Waals surface area contributed by atoms with Gasteiger partial charge in [-0.3, -0.25) is 0 Å². The van der Waals surface area contributed by atoms with Crippen LogP contribution in [0.25, 0.3) is 11.1 Å². The number of piperidine rings is 1. The number of guanidine groups is 1. The third-order valence-electron chi connectivity index (χ3n) is 4.30. The fourth-order valence-electron chi connectivity index (χ4n) is 2.71. The molecule has 24 heavy (non-hydrogen) atoms. The SMILES string of the molecule is CC1CCN(C(N)=NCc2ncc(-c3ccccc3)cn2)CC1.I. The lowest BCUT2D eigenvalue weighted by molar-refractivity contribution is 0.277. The molecule has 5 nitrogen and oxygen atoms in total. The van der Waals surface area contributed by atoms with E-state index in [4.69, 9.17) is 5.73 Å². The van der Waals surface area contributed by atoms with Gasteiger partial charge in [0.1, 0.15) is 12.4 Å². The second-order valence-electron chi connectivity index (χ2n) is 6.10. The van der Waals surface area contributed by atoms with Gasteiger partial charge in [-0.25, -0.2) is 15.0 Å². The third kappa shape index (κ3) is 4.90. The molecule has 2 heterocycles. The first-order chi connectivity index (χ1) is 11.2. The summed E-state index contributed by atoms with van der Waals surface area (Å²) in [5.41, 5.74) is 8.21. The van der Waals surface area contributed by atoms with Crippen LogP contribution < -0.4 is 5.73 Å². The summed E-state index contributed by atoms with van der Waals surface area (Å²) in [6.07, 6.45) is 6.04. The minimum atomic E-state index is 0. The smallest absolute Gasteiger partial charge is 0.191 e. The van der Waals surface area contributed by atoms with Crippen molar-refractivity contribution in [3.63, 3.8) is 0 Å². The van der Waals surface area contributed by atoms with Crippen LogP contribution in [0.1, 0.15) is 25.6 Å². The van der Waals surface area contributed by atoms with Gasteiger partial charge in [-0.15, -0.1) is 24.0 Å². The predicted molar refractivity (Wildman–Crippen MR) is 108 cm³/mol. The lowest BCUT2D eigenvalue weighted by Gasteiger charge is -2.30. The quantitative estimate of drug-likeness (QED) is 0.455. The molecular weight excluding hydrogens is 413 g/mol. The molecule has 0 bridgehead atoms. The number of aromatic nitrogens is 2. The third-order valence-corrected chi connectivity index (χ3v) is 4.30. The number of rotatable bonds is 3. The van der Waals surface area contributed by atoms with E-state index in [1.165, 1.54) is 12.8 Å². The minimum Gasteiger partial charge on any atom is -0.370 e. The number of nitrogens with two attached hydrogens (primary N) is 1. The van der Waals surface area contributed by atoms with Crippen molar-refractivity contribution in [1.82, 2.24) is 14.9 Å². The molecule has 1 saturated heterocycles. The van der Waals surface area contributed by atoms with E-state index < -0.39 is 0 Å². The first-order valence-electron chi connectivity index (χ1n) is 8.13. The van der Waals surface area contributed by atoms with Crippen molar-refractivity contribution in [2.75, 3.05) is 13.1 Å². The zero-order valence-electron chi connectivity index (χ0n) is 13.9. The summed E-state index contributed by atoms with van der Waals surface area (Å²) in [5, 5.41) is 0. The first kappa shape index (κ1) is 18.6. The highest BCUT2D eigenvalue weighted by molar-refractivity contribution is 14.0. The minimum absolute atomic E-state index is 0. The maximum Gasteiger partial charge on any atom is 0.191 e. The van der Waals surface area contributed by atoms with Crippen molar-refractivity contribution in [3.05, 3.63) is 48.5 Å². The number of aliphatic imine (C=N–C) groups is 1. The van der Waals surface area contributed by atoms with E-state index in [1.807, 2.05) is 42.7 Å². The van der Waals surface area contributed by atoms with Gasteiger partial charge in [-0.2, -0.15) is 0 Å². The van der Waals surface area contributed by atoms with E-state index in [9.17, 15) is 0 Å². The second-order valence-corrected chi connectivity index (χ2v) is 6.10. The molecule has 1 aromatic heterocycles. The fraction of sp³-hybridized carbons (Fsp3) is 0.389. The van der Waals surface area contributed by atoms with E-state index in [0.717, 1.165) is 30.1 Å². The van der Waals surface area contributed by atoms with Gasteiger partial charge in [0.15, 0.2) is 5.96 Å². The molecule has 1 fully saturated rings. The van der Waals surface area contributed by atoms with Crippen molar-refractivity contribution < 1.29 is 0 Å². The van der Waals surface area contributed by atoms with E-state index >= 15 is 0 Å². The number of halogens is 1. The second kappa shape index (κ2) is 8.96. The Balaban J connectivity index is 0.00000208. The average Bonchev–Trinajstić information content (AvgIpc) is 2.61. The summed E-state index contributed by atoms with van der Waals surface area (Å²) in [7, 11) is 0. The van der Waals surface area contributed by atoms with Gasteiger partial charge in [0.05, 0.1) is 0 Å². The highest BCUT2D eigenvalue weighted by Gasteiger charge is 2.16. The molecule has 0 saturated carbocycles. The van der Waals surface area contributed by atoms with Crippen LogP contribution in [0.2, 0.25) is 0 Å². The normalized spacial score (nSPS) is 15.9. The standard InChI is InChI=1S/C18H23N5.HI/c1-14-7-9-23(10-8-14)18(19)22-13-17-20-11-16(12-21-17)15-5-3-2-4-6-15;/h2-6,11-12,14H,7-10,13H2,1H3,(H2,19,22);1H. The summed E-state index contributed by atoms with van der Waals surface area (Å²) in [6.45, 7) is 4.69. The lowest BCUT2D eigenvalue weighted by atomic mass is 10.00. The van der Waals surface area contributed by atoms with Crippen molar-refractivity contribution in [2.45, 2.75) is 26.3 Å². The molecular formula is C18H24IN5. The first-order valence-corrected chi connectivity index (χ1v) is 8.13. The van der Waals surface area contributed by atoms with Crippen molar-refractivity contribution in [1.29, 1.82) is 0 Å². The highest BCUT2D eigenvalue weighted by Crippen LogP contribution is 2.17. The number of hydrogen-bond donors (Lipinski definition) is 1. The van der Waals surface area contributed by atoms with Gasteiger partial charge in [0, 0.05) is 31.0 Å². The largest absolute Gasteiger partial charge is 0.370 e. The van der Waals surface area contributed by atoms with Gasteiger partial charge in [0.2, 0.25) is 0 Å². The fourth-order valence-corrected chi connectivity index (χ4v) is 2.71. The van der Waals surface area contributed by atoms with Crippen LogP contribution in [0, 0.1) is 5.92 Å². The Morgan fingerprint density at radius 3 is 2.38 bits per heavy atom. The molecule has 0 aliphatic carbocycles. The molecule has 0 atom stereocenters. The Morgan fingerprint density at radius 2 is 1.75 bits per heavy atom. The molecule has 3 rings (SSSR count). The molecule has 2 N–H and O–H groups in total. The van der Waals surface area contributed by atoms with Gasteiger partial charge in [0.25, 0.3) is 0 Å². The highest BCUT2D eigenvalue weighted by atomic mass is 127. The number of nitrogens with zero attached hydrogens (tertiary/aromatic N) is 4. The van der Waals surface area contributed by atoms with Crippen LogP contribution in [0.5, 0.6) is 0 Å². The van der Waals surface area contributed by atoms with Crippen LogP contribution in [0.3, 0.4) is 0 Å². The molecule has 0 amide bonds. The zero-order chi connectivity index (χ0) is 16.1. The molecule has 6 heteroatoms. The summed E-state index contributed by atoms with van der Waals surface area (Å²) < 4.78 is 0. The number of hydrogen-bond acceptors (Lipinski definition) is 3. The lowest BCUT2D eigenvalue weighted by Crippen LogP contribution is -2.42. The molecule has 0 radical (unpaired) electrons. The van der Waals surface area contributed by atoms with E-state index in [2.05, 4.69) is 26.8 Å². The zero-order valence-corrected chi connectivity index (χ0v) is 16.3. The van der Waals surface area contributed by atoms with Crippen LogP contribution in [0.15, 0.2) is 47.7 Å². The molecule has 2 aromatic rings. The van der Waals surface area contributed by atoms with Gasteiger partial charge in [-0.05, 0) is 24.3 Å². The summed E-state index contributed by atoms with van der Waals surface area (Å²) in [6, 6.07) is 10.1. The molecule has 0 spiro atoms. The van der Waals surface area contributed by atoms with Gasteiger partial charge < -0.3 is 10.6 Å². The average molecular weight is 437 g/mol. The van der Waals surface area contributed by atoms with E-state index in [1.54, 1.807) is 0 Å². The summed E-state index contributed by atoms with van der Waals surface area (Å²) in [5.74, 6) is 2.08. The van der Waals surface area contributed by atoms with Crippen LogP contribution in [0.4, 0.5) is 0 Å². The van der Waals surface area contributed by atoms with Gasteiger partial charge >= 0.3 is 0 Å². The molecule has 0 unspecified atom stereocenters. The Labute approximate surface area is 160 Å². The molecule has 128 valence electrons. The maximum absolute atomic E-state index is 6.08. The number of likely N-dealkylation sites (tertiary alicyclic amines) is 1. The maximum atomic E-state index is 6.08. The van der Waals surface area contributed by atoms with Crippen LogP contribution in [-0.2, 0) is 6.54 Å². The summed E-state index contributed by atoms with van der Waals surface area (Å²) >= 11 is 0. The van der Waals surface area contributed by atoms with E-state index in [0.29, 0.717) is 18.3 Å². The monoisotopic (exact) mass is 437 g/mol. The molecule has 1 aliphatic rings.